The van der Waals surface area contributed by atoms with Crippen LogP contribution < -0.4 is 0 Å². The molecule has 0 unspecified atom stereocenters. The molecule has 124 valence electrons. The van der Waals surface area contributed by atoms with Crippen LogP contribution in [0.3, 0.4) is 0 Å². The van der Waals surface area contributed by atoms with Crippen LogP contribution in [-0.4, -0.2) is 17.3 Å². The summed E-state index contributed by atoms with van der Waals surface area (Å²) in [4.78, 5) is 37.1. The Hall–Kier alpha value is -1.91. The fourth-order valence-corrected chi connectivity index (χ4v) is 3.49. The summed E-state index contributed by atoms with van der Waals surface area (Å²) >= 11 is 11.9. The molecule has 0 amide bonds. The Morgan fingerprint density at radius 2 is 1.83 bits per heavy atom. The van der Waals surface area contributed by atoms with Gasteiger partial charge in [-0.2, -0.15) is 0 Å². The second-order valence-corrected chi connectivity index (χ2v) is 6.71. The van der Waals surface area contributed by atoms with Gasteiger partial charge in [0.15, 0.2) is 17.3 Å². The third-order valence-electron chi connectivity index (χ3n) is 4.19. The highest BCUT2D eigenvalue weighted by Crippen LogP contribution is 2.33. The van der Waals surface area contributed by atoms with Crippen molar-refractivity contribution in [2.45, 2.75) is 25.2 Å². The highest BCUT2D eigenvalue weighted by atomic mass is 35.5. The minimum atomic E-state index is -1.21. The lowest BCUT2D eigenvalue weighted by Crippen LogP contribution is -2.38. The Kier molecular flexibility index (Phi) is 4.88. The van der Waals surface area contributed by atoms with Crippen molar-refractivity contribution in [3.05, 3.63) is 58.0 Å². The normalized spacial score (nSPS) is 21.1. The molecule has 1 fully saturated rings. The number of carbonyl (C=O) groups excluding carboxylic acids is 3. The third kappa shape index (κ3) is 3.45. The van der Waals surface area contributed by atoms with Crippen molar-refractivity contribution >= 4 is 40.6 Å². The molecule has 1 aliphatic rings. The standard InChI is InChI=1S/C18H14Cl2O4/c19-12-4-3-10(13(20)9-12)6-14(21)18-15(22)7-11(8-16(18)23)17-2-1-5-24-17/h1-5,9,11,18H,6-8H2. The highest BCUT2D eigenvalue weighted by molar-refractivity contribution is 6.35. The fourth-order valence-electron chi connectivity index (χ4n) is 3.01. The SMILES string of the molecule is O=C(Cc1ccc(Cl)cc1Cl)C1C(=O)CC(c2ccco2)CC1=O. The zero-order valence-corrected chi connectivity index (χ0v) is 14.1. The van der Waals surface area contributed by atoms with Gasteiger partial charge in [0.1, 0.15) is 11.7 Å². The van der Waals surface area contributed by atoms with Crippen molar-refractivity contribution in [3.63, 3.8) is 0 Å². The van der Waals surface area contributed by atoms with Crippen molar-refractivity contribution in [3.8, 4) is 0 Å². The number of rotatable bonds is 4. The number of furan rings is 1. The van der Waals surface area contributed by atoms with Gasteiger partial charge in [-0.15, -0.1) is 0 Å². The molecule has 0 spiro atoms. The van der Waals surface area contributed by atoms with Crippen LogP contribution in [0.2, 0.25) is 10.0 Å². The first-order chi connectivity index (χ1) is 11.5. The molecule has 1 aromatic carbocycles. The van der Waals surface area contributed by atoms with Gasteiger partial charge in [-0.05, 0) is 29.8 Å². The fraction of sp³-hybridized carbons (Fsp3) is 0.278. The molecular formula is C18H14Cl2O4. The second kappa shape index (κ2) is 6.91. The first-order valence-electron chi connectivity index (χ1n) is 7.51. The van der Waals surface area contributed by atoms with Gasteiger partial charge < -0.3 is 4.42 Å². The number of ketones is 3. The first kappa shape index (κ1) is 16.9. The van der Waals surface area contributed by atoms with Crippen LogP contribution in [0.1, 0.15) is 30.1 Å². The Morgan fingerprint density at radius 1 is 1.12 bits per heavy atom. The lowest BCUT2D eigenvalue weighted by atomic mass is 9.76. The Balaban J connectivity index is 1.73. The van der Waals surface area contributed by atoms with Crippen LogP contribution in [0.4, 0.5) is 0 Å². The molecule has 0 aliphatic heterocycles. The molecule has 2 aromatic rings. The van der Waals surface area contributed by atoms with Crippen LogP contribution >= 0.6 is 23.2 Å². The minimum absolute atomic E-state index is 0.0659. The Labute approximate surface area is 148 Å². The van der Waals surface area contributed by atoms with Gasteiger partial charge >= 0.3 is 0 Å². The first-order valence-corrected chi connectivity index (χ1v) is 8.26. The van der Waals surface area contributed by atoms with Gasteiger partial charge in [0, 0.05) is 35.2 Å². The molecule has 0 N–H and O–H groups in total. The highest BCUT2D eigenvalue weighted by Gasteiger charge is 2.41. The van der Waals surface area contributed by atoms with E-state index in [-0.39, 0.29) is 36.7 Å². The molecule has 1 saturated carbocycles. The minimum Gasteiger partial charge on any atom is -0.469 e. The number of hydrogen-bond acceptors (Lipinski definition) is 4. The summed E-state index contributed by atoms with van der Waals surface area (Å²) in [5.41, 5.74) is 0.555. The van der Waals surface area contributed by atoms with Crippen LogP contribution in [0.5, 0.6) is 0 Å². The average molecular weight is 365 g/mol. The van der Waals surface area contributed by atoms with E-state index in [4.69, 9.17) is 27.6 Å². The van der Waals surface area contributed by atoms with Crippen molar-refractivity contribution < 1.29 is 18.8 Å². The largest absolute Gasteiger partial charge is 0.469 e. The number of halogens is 2. The zero-order valence-electron chi connectivity index (χ0n) is 12.6. The predicted octanol–water partition coefficient (Wildman–Crippen LogP) is 4.03. The maximum atomic E-state index is 12.5. The van der Waals surface area contributed by atoms with E-state index in [1.165, 1.54) is 12.3 Å². The summed E-state index contributed by atoms with van der Waals surface area (Å²) in [6.45, 7) is 0. The molecule has 3 rings (SSSR count). The molecule has 0 saturated heterocycles. The van der Waals surface area contributed by atoms with E-state index in [0.29, 0.717) is 21.4 Å². The lowest BCUT2D eigenvalue weighted by molar-refractivity contribution is -0.142. The van der Waals surface area contributed by atoms with E-state index in [0.717, 1.165) is 0 Å². The van der Waals surface area contributed by atoms with Crippen LogP contribution in [-0.2, 0) is 20.8 Å². The van der Waals surface area contributed by atoms with Gasteiger partial charge in [0.2, 0.25) is 0 Å². The smallest absolute Gasteiger partial charge is 0.155 e. The van der Waals surface area contributed by atoms with E-state index < -0.39 is 11.7 Å². The molecular weight excluding hydrogens is 351 g/mol. The van der Waals surface area contributed by atoms with Crippen molar-refractivity contribution in [2.24, 2.45) is 5.92 Å². The van der Waals surface area contributed by atoms with Crippen molar-refractivity contribution in [1.29, 1.82) is 0 Å². The lowest BCUT2D eigenvalue weighted by Gasteiger charge is -2.24. The summed E-state index contributed by atoms with van der Waals surface area (Å²) in [6, 6.07) is 8.23. The number of Topliss-reactive ketones (excluding diaryl/α,β-unsaturated/α-hetero) is 3. The number of hydrogen-bond donors (Lipinski definition) is 0. The van der Waals surface area contributed by atoms with E-state index in [2.05, 4.69) is 0 Å². The summed E-state index contributed by atoms with van der Waals surface area (Å²) in [7, 11) is 0. The van der Waals surface area contributed by atoms with Crippen molar-refractivity contribution in [2.75, 3.05) is 0 Å². The summed E-state index contributed by atoms with van der Waals surface area (Å²) in [5.74, 6) is -2.04. The zero-order chi connectivity index (χ0) is 17.3. The molecule has 4 nitrogen and oxygen atoms in total. The summed E-state index contributed by atoms with van der Waals surface area (Å²) in [6.07, 6.45) is 1.70. The molecule has 0 atom stereocenters. The maximum Gasteiger partial charge on any atom is 0.155 e. The predicted molar refractivity (Wildman–Crippen MR) is 89.4 cm³/mol. The third-order valence-corrected chi connectivity index (χ3v) is 4.77. The molecule has 1 heterocycles. The number of benzene rings is 1. The molecule has 1 aromatic heterocycles. The van der Waals surface area contributed by atoms with Crippen molar-refractivity contribution in [1.82, 2.24) is 0 Å². The quantitative estimate of drug-likeness (QED) is 0.768. The summed E-state index contributed by atoms with van der Waals surface area (Å²) < 4.78 is 5.27. The molecule has 1 aliphatic carbocycles. The topological polar surface area (TPSA) is 64.3 Å². The van der Waals surface area contributed by atoms with E-state index in [1.54, 1.807) is 24.3 Å². The number of carbonyl (C=O) groups is 3. The molecule has 6 heteroatoms. The summed E-state index contributed by atoms with van der Waals surface area (Å²) in [5, 5.41) is 0.808. The second-order valence-electron chi connectivity index (χ2n) is 5.87. The average Bonchev–Trinajstić information content (AvgIpc) is 3.03. The van der Waals surface area contributed by atoms with Crippen LogP contribution in [0, 0.1) is 5.92 Å². The van der Waals surface area contributed by atoms with Gasteiger partial charge in [0.25, 0.3) is 0 Å². The monoisotopic (exact) mass is 364 g/mol. The van der Waals surface area contributed by atoms with E-state index >= 15 is 0 Å². The van der Waals surface area contributed by atoms with Gasteiger partial charge in [-0.3, -0.25) is 14.4 Å². The van der Waals surface area contributed by atoms with Crippen LogP contribution in [0.15, 0.2) is 41.0 Å². The van der Waals surface area contributed by atoms with Gasteiger partial charge in [0.05, 0.1) is 6.26 Å². The van der Waals surface area contributed by atoms with E-state index in [1.807, 2.05) is 0 Å². The molecule has 0 radical (unpaired) electrons. The van der Waals surface area contributed by atoms with Gasteiger partial charge in [-0.25, -0.2) is 0 Å². The van der Waals surface area contributed by atoms with E-state index in [9.17, 15) is 14.4 Å². The molecule has 0 bridgehead atoms. The maximum absolute atomic E-state index is 12.5. The van der Waals surface area contributed by atoms with Crippen LogP contribution in [0.25, 0.3) is 0 Å². The Bertz CT molecular complexity index is 777. The van der Waals surface area contributed by atoms with Gasteiger partial charge in [-0.1, -0.05) is 29.3 Å². The molecule has 24 heavy (non-hydrogen) atoms. The Morgan fingerprint density at radius 3 is 2.42 bits per heavy atom.